The highest BCUT2D eigenvalue weighted by atomic mass is 32.1. The second-order valence-electron chi connectivity index (χ2n) is 7.31. The number of anilines is 2. The lowest BCUT2D eigenvalue weighted by Gasteiger charge is -2.23. The molecule has 4 N–H and O–H groups in total. The molecule has 30 heavy (non-hydrogen) atoms. The number of thiazole rings is 1. The fraction of sp³-hybridized carbons (Fsp3) is 0.350. The molecule has 2 aromatic heterocycles. The second-order valence-corrected chi connectivity index (χ2v) is 8.34. The third kappa shape index (κ3) is 4.05. The number of amides is 1. The summed E-state index contributed by atoms with van der Waals surface area (Å²) in [5.41, 5.74) is 7.11. The summed E-state index contributed by atoms with van der Waals surface area (Å²) in [6.45, 7) is 1.96. The quantitative estimate of drug-likeness (QED) is 0.575. The van der Waals surface area contributed by atoms with Gasteiger partial charge in [-0.1, -0.05) is 17.4 Å². The Labute approximate surface area is 176 Å². The van der Waals surface area contributed by atoms with E-state index >= 15 is 0 Å². The molecule has 0 atom stereocenters. The van der Waals surface area contributed by atoms with Gasteiger partial charge in [-0.2, -0.15) is 5.10 Å². The number of aryl methyl sites for hydroxylation is 1. The Morgan fingerprint density at radius 1 is 1.33 bits per heavy atom. The summed E-state index contributed by atoms with van der Waals surface area (Å²) in [6.07, 6.45) is 4.52. The number of hydrogen-bond donors (Lipinski definition) is 3. The number of halogens is 2. The van der Waals surface area contributed by atoms with E-state index < -0.39 is 17.5 Å². The van der Waals surface area contributed by atoms with Gasteiger partial charge in [0.25, 0.3) is 5.91 Å². The molecular formula is C20H22F2N6OS. The molecule has 0 bridgehead atoms. The molecule has 1 aliphatic rings. The molecule has 1 amide bonds. The van der Waals surface area contributed by atoms with Crippen molar-refractivity contribution in [2.45, 2.75) is 19.3 Å². The molecule has 10 heteroatoms. The minimum atomic E-state index is -0.757. The summed E-state index contributed by atoms with van der Waals surface area (Å²) in [5.74, 6) is -1.54. The topological polar surface area (TPSA) is 97.9 Å². The molecule has 7 nitrogen and oxygen atoms in total. The van der Waals surface area contributed by atoms with Crippen molar-refractivity contribution < 1.29 is 13.6 Å². The van der Waals surface area contributed by atoms with Gasteiger partial charge >= 0.3 is 0 Å². The Hall–Kier alpha value is -2.85. The van der Waals surface area contributed by atoms with Crippen molar-refractivity contribution in [2.24, 2.45) is 13.0 Å². The number of nitrogens with one attached hydrogen (secondary N) is 2. The number of carbonyl (C=O) groups excluding carboxylic acids is 1. The molecule has 0 aliphatic carbocycles. The first kappa shape index (κ1) is 20.4. The number of rotatable bonds is 5. The molecule has 1 saturated heterocycles. The molecule has 3 heterocycles. The largest absolute Gasteiger partial charge is 0.389 e. The van der Waals surface area contributed by atoms with Crippen molar-refractivity contribution in [1.29, 1.82) is 0 Å². The summed E-state index contributed by atoms with van der Waals surface area (Å²) in [7, 11) is 1.84. The minimum absolute atomic E-state index is 0.0226. The number of hydrogen-bond acceptors (Lipinski definition) is 6. The van der Waals surface area contributed by atoms with Crippen LogP contribution >= 0.6 is 11.3 Å². The van der Waals surface area contributed by atoms with E-state index in [2.05, 4.69) is 20.7 Å². The van der Waals surface area contributed by atoms with Crippen LogP contribution in [-0.4, -0.2) is 33.8 Å². The van der Waals surface area contributed by atoms with Crippen LogP contribution in [0.1, 0.15) is 29.0 Å². The Morgan fingerprint density at radius 3 is 2.73 bits per heavy atom. The van der Waals surface area contributed by atoms with Gasteiger partial charge in [0.05, 0.1) is 23.1 Å². The smallest absolute Gasteiger partial charge is 0.277 e. The van der Waals surface area contributed by atoms with Crippen molar-refractivity contribution in [1.82, 2.24) is 20.1 Å². The lowest BCUT2D eigenvalue weighted by atomic mass is 9.93. The van der Waals surface area contributed by atoms with E-state index in [1.54, 1.807) is 10.9 Å². The minimum Gasteiger partial charge on any atom is -0.389 e. The number of benzene rings is 1. The molecule has 0 spiro atoms. The van der Waals surface area contributed by atoms with Gasteiger partial charge in [0.15, 0.2) is 5.69 Å². The molecule has 1 fully saturated rings. The molecule has 3 aromatic rings. The number of nitrogen functional groups attached to an aromatic ring is 1. The first-order valence-electron chi connectivity index (χ1n) is 9.67. The zero-order valence-electron chi connectivity index (χ0n) is 16.4. The van der Waals surface area contributed by atoms with Gasteiger partial charge < -0.3 is 16.4 Å². The van der Waals surface area contributed by atoms with Gasteiger partial charge in [0.2, 0.25) is 0 Å². The van der Waals surface area contributed by atoms with Crippen LogP contribution in [0, 0.1) is 17.6 Å². The van der Waals surface area contributed by atoms with E-state index in [-0.39, 0.29) is 21.3 Å². The number of piperidine rings is 1. The second kappa shape index (κ2) is 8.49. The van der Waals surface area contributed by atoms with Gasteiger partial charge in [-0.15, -0.1) is 0 Å². The van der Waals surface area contributed by atoms with Crippen LogP contribution < -0.4 is 16.4 Å². The highest BCUT2D eigenvalue weighted by Crippen LogP contribution is 2.34. The zero-order valence-corrected chi connectivity index (χ0v) is 17.2. The van der Waals surface area contributed by atoms with Crippen molar-refractivity contribution in [2.75, 3.05) is 24.1 Å². The van der Waals surface area contributed by atoms with Crippen LogP contribution in [0.5, 0.6) is 0 Å². The Kier molecular flexibility index (Phi) is 5.78. The van der Waals surface area contributed by atoms with E-state index in [1.165, 1.54) is 6.07 Å². The van der Waals surface area contributed by atoms with Crippen LogP contribution in [0.25, 0.3) is 10.6 Å². The first-order chi connectivity index (χ1) is 14.4. The highest BCUT2D eigenvalue weighted by Gasteiger charge is 2.24. The Morgan fingerprint density at radius 2 is 2.03 bits per heavy atom. The lowest BCUT2D eigenvalue weighted by Crippen LogP contribution is -2.29. The lowest BCUT2D eigenvalue weighted by molar-refractivity contribution is 0.102. The molecule has 1 aromatic carbocycles. The molecular weight excluding hydrogens is 410 g/mol. The SMILES string of the molecule is Cn1ncc(NC(=O)c2nc(-c3c(F)cccc3F)sc2N)c1CC1CCNCC1. The van der Waals surface area contributed by atoms with Crippen molar-refractivity contribution >= 4 is 27.9 Å². The summed E-state index contributed by atoms with van der Waals surface area (Å²) in [6, 6.07) is 3.54. The fourth-order valence-electron chi connectivity index (χ4n) is 3.65. The first-order valence-corrected chi connectivity index (χ1v) is 10.5. The van der Waals surface area contributed by atoms with E-state index in [0.717, 1.165) is 61.5 Å². The number of nitrogens with two attached hydrogens (primary N) is 1. The third-order valence-corrected chi connectivity index (χ3v) is 6.20. The van der Waals surface area contributed by atoms with Crippen molar-refractivity contribution in [3.63, 3.8) is 0 Å². The summed E-state index contributed by atoms with van der Waals surface area (Å²) < 4.78 is 29.9. The van der Waals surface area contributed by atoms with Crippen LogP contribution in [-0.2, 0) is 13.5 Å². The molecule has 1 aliphatic heterocycles. The normalized spacial score (nSPS) is 14.8. The summed E-state index contributed by atoms with van der Waals surface area (Å²) >= 11 is 0.871. The third-order valence-electron chi connectivity index (χ3n) is 5.30. The summed E-state index contributed by atoms with van der Waals surface area (Å²) in [5, 5.41) is 10.5. The maximum atomic E-state index is 14.1. The zero-order chi connectivity index (χ0) is 21.3. The monoisotopic (exact) mass is 432 g/mol. The average Bonchev–Trinajstić information content (AvgIpc) is 3.26. The van der Waals surface area contributed by atoms with E-state index in [4.69, 9.17) is 5.73 Å². The van der Waals surface area contributed by atoms with Crippen LogP contribution in [0.3, 0.4) is 0 Å². The fourth-order valence-corrected chi connectivity index (χ4v) is 4.53. The maximum absolute atomic E-state index is 14.1. The maximum Gasteiger partial charge on any atom is 0.277 e. The van der Waals surface area contributed by atoms with Crippen LogP contribution in [0.15, 0.2) is 24.4 Å². The van der Waals surface area contributed by atoms with Crippen LogP contribution in [0.2, 0.25) is 0 Å². The van der Waals surface area contributed by atoms with E-state index in [0.29, 0.717) is 11.6 Å². The molecule has 4 rings (SSSR count). The molecule has 158 valence electrons. The van der Waals surface area contributed by atoms with Gasteiger partial charge in [0, 0.05) is 7.05 Å². The highest BCUT2D eigenvalue weighted by molar-refractivity contribution is 7.19. The average molecular weight is 433 g/mol. The predicted octanol–water partition coefficient (Wildman–Crippen LogP) is 3.20. The molecule has 0 unspecified atom stereocenters. The van der Waals surface area contributed by atoms with E-state index in [1.807, 2.05) is 7.05 Å². The predicted molar refractivity (Wildman–Crippen MR) is 112 cm³/mol. The van der Waals surface area contributed by atoms with Crippen molar-refractivity contribution in [3.8, 4) is 10.6 Å². The van der Waals surface area contributed by atoms with Gasteiger partial charge in [-0.05, 0) is 50.4 Å². The van der Waals surface area contributed by atoms with Crippen molar-refractivity contribution in [3.05, 3.63) is 47.4 Å². The van der Waals surface area contributed by atoms with Gasteiger partial charge in [-0.25, -0.2) is 13.8 Å². The number of carbonyl (C=O) groups is 1. The molecule has 0 saturated carbocycles. The number of aromatic nitrogens is 3. The van der Waals surface area contributed by atoms with E-state index in [9.17, 15) is 13.6 Å². The van der Waals surface area contributed by atoms with Gasteiger partial charge in [0.1, 0.15) is 21.6 Å². The molecule has 0 radical (unpaired) electrons. The Bertz CT molecular complexity index is 1050. The summed E-state index contributed by atoms with van der Waals surface area (Å²) in [4.78, 5) is 16.9. The Balaban J connectivity index is 1.56. The standard InChI is InChI=1S/C20H22F2N6OS/c1-28-15(9-11-5-7-24-8-6-11)14(10-25-28)26-19(29)17-18(23)30-20(27-17)16-12(21)3-2-4-13(16)22/h2-4,10-11,24H,5-9,23H2,1H3,(H,26,29). The number of nitrogens with zero attached hydrogens (tertiary/aromatic N) is 3. The van der Waals surface area contributed by atoms with Gasteiger partial charge in [-0.3, -0.25) is 9.48 Å². The van der Waals surface area contributed by atoms with Crippen LogP contribution in [0.4, 0.5) is 19.5 Å².